The third-order valence-corrected chi connectivity index (χ3v) is 3.30. The lowest BCUT2D eigenvalue weighted by molar-refractivity contribution is 0.553. The van der Waals surface area contributed by atoms with Crippen LogP contribution in [0.1, 0.15) is 27.7 Å². The van der Waals surface area contributed by atoms with E-state index >= 15 is 0 Å². The molecule has 0 saturated heterocycles. The molecule has 0 atom stereocenters. The number of nitrogens with two attached hydrogens (primary N) is 1. The molecule has 1 aromatic rings. The standard InChI is InChI=1S/C14H22Cl2N2/c1-9(2)7-18(8-10(3)4)14-6-12(16)11(15)5-13(14)17/h5-6,9-10H,7-8,17H2,1-4H3. The molecule has 0 saturated carbocycles. The predicted molar refractivity (Wildman–Crippen MR) is 82.8 cm³/mol. The van der Waals surface area contributed by atoms with Crippen LogP contribution in [0.3, 0.4) is 0 Å². The van der Waals surface area contributed by atoms with Gasteiger partial charge in [-0.2, -0.15) is 0 Å². The van der Waals surface area contributed by atoms with Crippen LogP contribution in [0.2, 0.25) is 10.0 Å². The summed E-state index contributed by atoms with van der Waals surface area (Å²) in [4.78, 5) is 2.28. The Hall–Kier alpha value is -0.600. The van der Waals surface area contributed by atoms with Crippen molar-refractivity contribution >= 4 is 34.6 Å². The summed E-state index contributed by atoms with van der Waals surface area (Å²) < 4.78 is 0. The van der Waals surface area contributed by atoms with Gasteiger partial charge >= 0.3 is 0 Å². The van der Waals surface area contributed by atoms with Crippen LogP contribution >= 0.6 is 23.2 Å². The molecule has 2 N–H and O–H groups in total. The lowest BCUT2D eigenvalue weighted by atomic mass is 10.1. The van der Waals surface area contributed by atoms with Crippen LogP contribution < -0.4 is 10.6 Å². The molecule has 0 fully saturated rings. The Morgan fingerprint density at radius 3 is 1.89 bits per heavy atom. The summed E-state index contributed by atoms with van der Waals surface area (Å²) in [6.45, 7) is 10.7. The fourth-order valence-corrected chi connectivity index (χ4v) is 2.31. The Morgan fingerprint density at radius 2 is 1.44 bits per heavy atom. The number of rotatable bonds is 5. The molecule has 0 heterocycles. The first kappa shape index (κ1) is 15.5. The fraction of sp³-hybridized carbons (Fsp3) is 0.571. The van der Waals surface area contributed by atoms with Gasteiger partial charge in [-0.25, -0.2) is 0 Å². The zero-order valence-corrected chi connectivity index (χ0v) is 13.0. The second kappa shape index (κ2) is 6.53. The van der Waals surface area contributed by atoms with Crippen LogP contribution in [0, 0.1) is 11.8 Å². The average Bonchev–Trinajstić information content (AvgIpc) is 2.21. The highest BCUT2D eigenvalue weighted by molar-refractivity contribution is 6.42. The van der Waals surface area contributed by atoms with Crippen molar-refractivity contribution in [3.8, 4) is 0 Å². The van der Waals surface area contributed by atoms with E-state index in [2.05, 4.69) is 32.6 Å². The molecule has 0 spiro atoms. The summed E-state index contributed by atoms with van der Waals surface area (Å²) in [5.41, 5.74) is 7.72. The van der Waals surface area contributed by atoms with Gasteiger partial charge < -0.3 is 10.6 Å². The summed E-state index contributed by atoms with van der Waals surface area (Å²) >= 11 is 12.1. The van der Waals surface area contributed by atoms with Crippen molar-refractivity contribution < 1.29 is 0 Å². The van der Waals surface area contributed by atoms with Crippen molar-refractivity contribution in [1.29, 1.82) is 0 Å². The molecule has 4 heteroatoms. The normalized spacial score (nSPS) is 11.3. The van der Waals surface area contributed by atoms with Crippen molar-refractivity contribution in [1.82, 2.24) is 0 Å². The topological polar surface area (TPSA) is 29.3 Å². The van der Waals surface area contributed by atoms with Crippen LogP contribution in [0.5, 0.6) is 0 Å². The Balaban J connectivity index is 3.07. The second-order valence-electron chi connectivity index (χ2n) is 5.52. The number of hydrogen-bond acceptors (Lipinski definition) is 2. The third kappa shape index (κ3) is 4.25. The van der Waals surface area contributed by atoms with Gasteiger partial charge in [-0.05, 0) is 24.0 Å². The smallest absolute Gasteiger partial charge is 0.0616 e. The van der Waals surface area contributed by atoms with E-state index in [9.17, 15) is 0 Å². The Labute approximate surface area is 120 Å². The maximum Gasteiger partial charge on any atom is 0.0616 e. The van der Waals surface area contributed by atoms with E-state index in [1.807, 2.05) is 6.07 Å². The molecule has 1 rings (SSSR count). The quantitative estimate of drug-likeness (QED) is 0.796. The van der Waals surface area contributed by atoms with Gasteiger partial charge in [-0.15, -0.1) is 0 Å². The third-order valence-electron chi connectivity index (χ3n) is 2.58. The summed E-state index contributed by atoms with van der Waals surface area (Å²) in [6.07, 6.45) is 0. The molecule has 0 amide bonds. The molecule has 2 nitrogen and oxygen atoms in total. The largest absolute Gasteiger partial charge is 0.397 e. The van der Waals surface area contributed by atoms with E-state index in [1.54, 1.807) is 6.07 Å². The maximum absolute atomic E-state index is 6.09. The van der Waals surface area contributed by atoms with E-state index in [1.165, 1.54) is 0 Å². The SMILES string of the molecule is CC(C)CN(CC(C)C)c1cc(Cl)c(Cl)cc1N. The van der Waals surface area contributed by atoms with E-state index in [0.29, 0.717) is 27.6 Å². The number of halogens is 2. The van der Waals surface area contributed by atoms with Gasteiger partial charge in [0.2, 0.25) is 0 Å². The van der Waals surface area contributed by atoms with Crippen LogP contribution in [0.15, 0.2) is 12.1 Å². The molecule has 0 aromatic heterocycles. The summed E-state index contributed by atoms with van der Waals surface area (Å²) in [6, 6.07) is 3.59. The van der Waals surface area contributed by atoms with Crippen molar-refractivity contribution in [2.45, 2.75) is 27.7 Å². The monoisotopic (exact) mass is 288 g/mol. The first-order valence-electron chi connectivity index (χ1n) is 6.30. The average molecular weight is 289 g/mol. The molecule has 1 aromatic carbocycles. The number of nitrogen functional groups attached to an aromatic ring is 1. The Bertz CT molecular complexity index is 393. The number of anilines is 2. The van der Waals surface area contributed by atoms with Gasteiger partial charge in [-0.1, -0.05) is 50.9 Å². The van der Waals surface area contributed by atoms with Crippen LogP contribution in [-0.2, 0) is 0 Å². The molecule has 18 heavy (non-hydrogen) atoms. The molecule has 0 aliphatic rings. The van der Waals surface area contributed by atoms with Gasteiger partial charge in [0.05, 0.1) is 21.4 Å². The van der Waals surface area contributed by atoms with E-state index in [0.717, 1.165) is 18.8 Å². The lowest BCUT2D eigenvalue weighted by Gasteiger charge is -2.30. The number of nitrogens with zero attached hydrogens (tertiary/aromatic N) is 1. The molecule has 0 aliphatic carbocycles. The minimum atomic E-state index is 0.506. The second-order valence-corrected chi connectivity index (χ2v) is 6.33. The maximum atomic E-state index is 6.09. The van der Waals surface area contributed by atoms with Gasteiger partial charge in [0.1, 0.15) is 0 Å². The summed E-state index contributed by atoms with van der Waals surface area (Å²) in [5.74, 6) is 1.13. The van der Waals surface area contributed by atoms with E-state index < -0.39 is 0 Å². The number of benzene rings is 1. The van der Waals surface area contributed by atoms with E-state index in [-0.39, 0.29) is 0 Å². The van der Waals surface area contributed by atoms with Crippen molar-refractivity contribution in [3.05, 3.63) is 22.2 Å². The zero-order valence-electron chi connectivity index (χ0n) is 11.5. The summed E-state index contributed by atoms with van der Waals surface area (Å²) in [5, 5.41) is 1.06. The fourth-order valence-electron chi connectivity index (χ4n) is 1.98. The highest BCUT2D eigenvalue weighted by Gasteiger charge is 2.15. The van der Waals surface area contributed by atoms with Gasteiger partial charge in [0.25, 0.3) is 0 Å². The predicted octanol–water partition coefficient (Wildman–Crippen LogP) is 4.69. The van der Waals surface area contributed by atoms with Crippen LogP contribution in [-0.4, -0.2) is 13.1 Å². The molecular weight excluding hydrogens is 267 g/mol. The lowest BCUT2D eigenvalue weighted by Crippen LogP contribution is -2.31. The zero-order chi connectivity index (χ0) is 13.9. The van der Waals surface area contributed by atoms with E-state index in [4.69, 9.17) is 28.9 Å². The molecular formula is C14H22Cl2N2. The van der Waals surface area contributed by atoms with Crippen LogP contribution in [0.4, 0.5) is 11.4 Å². The minimum absolute atomic E-state index is 0.506. The van der Waals surface area contributed by atoms with Gasteiger partial charge in [-0.3, -0.25) is 0 Å². The molecule has 0 aliphatic heterocycles. The Kier molecular flexibility index (Phi) is 5.61. The highest BCUT2D eigenvalue weighted by Crippen LogP contribution is 2.33. The highest BCUT2D eigenvalue weighted by atomic mass is 35.5. The van der Waals surface area contributed by atoms with Gasteiger partial charge in [0.15, 0.2) is 0 Å². The van der Waals surface area contributed by atoms with Crippen molar-refractivity contribution in [2.75, 3.05) is 23.7 Å². The molecule has 0 radical (unpaired) electrons. The molecule has 0 unspecified atom stereocenters. The first-order chi connectivity index (χ1) is 8.31. The minimum Gasteiger partial charge on any atom is -0.397 e. The Morgan fingerprint density at radius 1 is 1.00 bits per heavy atom. The molecule has 102 valence electrons. The summed E-state index contributed by atoms with van der Waals surface area (Å²) in [7, 11) is 0. The van der Waals surface area contributed by atoms with Crippen molar-refractivity contribution in [2.24, 2.45) is 11.8 Å². The van der Waals surface area contributed by atoms with Crippen molar-refractivity contribution in [3.63, 3.8) is 0 Å². The number of hydrogen-bond donors (Lipinski definition) is 1. The van der Waals surface area contributed by atoms with Crippen LogP contribution in [0.25, 0.3) is 0 Å². The van der Waals surface area contributed by atoms with Gasteiger partial charge in [0, 0.05) is 13.1 Å². The molecule has 0 bridgehead atoms. The first-order valence-corrected chi connectivity index (χ1v) is 7.06.